The van der Waals surface area contributed by atoms with Crippen LogP contribution in [0.3, 0.4) is 0 Å². The normalized spacial score (nSPS) is 21.5. The molecule has 0 aliphatic carbocycles. The lowest BCUT2D eigenvalue weighted by molar-refractivity contribution is -0.114. The van der Waals surface area contributed by atoms with E-state index in [4.69, 9.17) is 9.84 Å². The standard InChI is InChI=1S/C15H15FN2O4/c16-13-7-10(18-8-12(9-19)22-15(18)21)1-2-14(13)17-5-3-11(20)4-6-17/h1-3,5,7,12,19H,4,6,8-9H2. The second-order valence-electron chi connectivity index (χ2n) is 5.16. The summed E-state index contributed by atoms with van der Waals surface area (Å²) in [7, 11) is 0. The number of carbonyl (C=O) groups excluding carboxylic acids is 2. The lowest BCUT2D eigenvalue weighted by Gasteiger charge is -2.24. The van der Waals surface area contributed by atoms with Gasteiger partial charge in [-0.2, -0.15) is 0 Å². The molecule has 1 unspecified atom stereocenters. The number of cyclic esters (lactones) is 1. The Balaban J connectivity index is 1.82. The van der Waals surface area contributed by atoms with E-state index in [0.717, 1.165) is 0 Å². The van der Waals surface area contributed by atoms with Gasteiger partial charge in [0.25, 0.3) is 0 Å². The van der Waals surface area contributed by atoms with Crippen molar-refractivity contribution in [1.82, 2.24) is 0 Å². The Morgan fingerprint density at radius 1 is 1.36 bits per heavy atom. The molecule has 0 spiro atoms. The first-order valence-electron chi connectivity index (χ1n) is 6.94. The third-order valence-corrected chi connectivity index (χ3v) is 3.67. The van der Waals surface area contributed by atoms with Crippen LogP contribution < -0.4 is 9.80 Å². The van der Waals surface area contributed by atoms with Crippen molar-refractivity contribution in [2.45, 2.75) is 12.5 Å². The van der Waals surface area contributed by atoms with Crippen molar-refractivity contribution < 1.29 is 23.8 Å². The summed E-state index contributed by atoms with van der Waals surface area (Å²) in [5.74, 6) is -0.472. The lowest BCUT2D eigenvalue weighted by Crippen LogP contribution is -2.27. The molecule has 22 heavy (non-hydrogen) atoms. The molecule has 1 aromatic rings. The summed E-state index contributed by atoms with van der Waals surface area (Å²) < 4.78 is 19.2. The molecule has 116 valence electrons. The molecule has 6 nitrogen and oxygen atoms in total. The number of anilines is 2. The maximum Gasteiger partial charge on any atom is 0.414 e. The minimum absolute atomic E-state index is 0.0168. The number of benzene rings is 1. The summed E-state index contributed by atoms with van der Waals surface area (Å²) in [6.07, 6.45) is 2.12. The molecule has 3 rings (SSSR count). The molecule has 1 saturated heterocycles. The number of hydrogen-bond acceptors (Lipinski definition) is 5. The van der Waals surface area contributed by atoms with Gasteiger partial charge in [-0.3, -0.25) is 9.69 Å². The fraction of sp³-hybridized carbons (Fsp3) is 0.333. The SMILES string of the molecule is O=C1C=CN(c2ccc(N3CC(CO)OC3=O)cc2F)CC1. The number of aliphatic hydroxyl groups excluding tert-OH is 1. The van der Waals surface area contributed by atoms with Gasteiger partial charge in [0.2, 0.25) is 0 Å². The van der Waals surface area contributed by atoms with E-state index in [1.165, 1.54) is 17.0 Å². The van der Waals surface area contributed by atoms with Crippen LogP contribution in [0.25, 0.3) is 0 Å². The number of amides is 1. The van der Waals surface area contributed by atoms with Crippen LogP contribution in [0.4, 0.5) is 20.6 Å². The molecule has 1 N–H and O–H groups in total. The first-order valence-corrected chi connectivity index (χ1v) is 6.94. The number of carbonyl (C=O) groups is 2. The third-order valence-electron chi connectivity index (χ3n) is 3.67. The minimum Gasteiger partial charge on any atom is -0.441 e. The quantitative estimate of drug-likeness (QED) is 0.915. The zero-order valence-electron chi connectivity index (χ0n) is 11.7. The van der Waals surface area contributed by atoms with Crippen LogP contribution in [0.5, 0.6) is 0 Å². The molecule has 0 bridgehead atoms. The van der Waals surface area contributed by atoms with E-state index in [2.05, 4.69) is 0 Å². The number of rotatable bonds is 3. The van der Waals surface area contributed by atoms with Crippen LogP contribution in [-0.2, 0) is 9.53 Å². The molecule has 1 atom stereocenters. The fourth-order valence-electron chi connectivity index (χ4n) is 2.49. The monoisotopic (exact) mass is 306 g/mol. The van der Waals surface area contributed by atoms with E-state index in [1.54, 1.807) is 23.2 Å². The molecule has 1 amide bonds. The molecule has 0 aromatic heterocycles. The van der Waals surface area contributed by atoms with Gasteiger partial charge in [0.15, 0.2) is 5.78 Å². The second kappa shape index (κ2) is 5.76. The van der Waals surface area contributed by atoms with Crippen molar-refractivity contribution in [2.24, 2.45) is 0 Å². The van der Waals surface area contributed by atoms with E-state index in [1.807, 2.05) is 0 Å². The number of aliphatic hydroxyl groups is 1. The Morgan fingerprint density at radius 3 is 2.77 bits per heavy atom. The number of allylic oxidation sites excluding steroid dienone is 1. The summed E-state index contributed by atoms with van der Waals surface area (Å²) in [4.78, 5) is 25.8. The highest BCUT2D eigenvalue weighted by Gasteiger charge is 2.32. The highest BCUT2D eigenvalue weighted by Crippen LogP contribution is 2.28. The van der Waals surface area contributed by atoms with E-state index < -0.39 is 18.0 Å². The summed E-state index contributed by atoms with van der Waals surface area (Å²) in [6.45, 7) is 0.339. The maximum absolute atomic E-state index is 14.3. The van der Waals surface area contributed by atoms with Gasteiger partial charge < -0.3 is 14.7 Å². The van der Waals surface area contributed by atoms with Crippen LogP contribution in [-0.4, -0.2) is 42.8 Å². The van der Waals surface area contributed by atoms with E-state index in [0.29, 0.717) is 24.3 Å². The Bertz CT molecular complexity index is 646. The average Bonchev–Trinajstić information content (AvgIpc) is 2.89. The van der Waals surface area contributed by atoms with Crippen molar-refractivity contribution in [2.75, 3.05) is 29.5 Å². The van der Waals surface area contributed by atoms with Gasteiger partial charge in [-0.15, -0.1) is 0 Å². The Morgan fingerprint density at radius 2 is 2.18 bits per heavy atom. The Hall–Kier alpha value is -2.41. The van der Waals surface area contributed by atoms with Crippen molar-refractivity contribution >= 4 is 23.3 Å². The Kier molecular flexibility index (Phi) is 3.81. The maximum atomic E-state index is 14.3. The van der Waals surface area contributed by atoms with E-state index in [-0.39, 0.29) is 18.9 Å². The summed E-state index contributed by atoms with van der Waals surface area (Å²) in [5, 5.41) is 9.02. The van der Waals surface area contributed by atoms with Crippen LogP contribution in [0.2, 0.25) is 0 Å². The first-order chi connectivity index (χ1) is 10.6. The minimum atomic E-state index is -0.602. The molecule has 1 fully saturated rings. The van der Waals surface area contributed by atoms with Gasteiger partial charge in [-0.25, -0.2) is 9.18 Å². The van der Waals surface area contributed by atoms with Crippen LogP contribution in [0, 0.1) is 5.82 Å². The number of ether oxygens (including phenoxy) is 1. The Labute approximate surface area is 126 Å². The zero-order valence-corrected chi connectivity index (χ0v) is 11.7. The van der Waals surface area contributed by atoms with Gasteiger partial charge in [0, 0.05) is 19.2 Å². The molecule has 1 aromatic carbocycles. The van der Waals surface area contributed by atoms with Gasteiger partial charge in [-0.1, -0.05) is 0 Å². The van der Waals surface area contributed by atoms with Gasteiger partial charge in [0.05, 0.1) is 24.5 Å². The highest BCUT2D eigenvalue weighted by molar-refractivity contribution is 5.92. The molecular formula is C15H15FN2O4. The molecule has 2 aliphatic rings. The highest BCUT2D eigenvalue weighted by atomic mass is 19.1. The molecular weight excluding hydrogens is 291 g/mol. The van der Waals surface area contributed by atoms with Gasteiger partial charge in [0.1, 0.15) is 11.9 Å². The molecule has 7 heteroatoms. The van der Waals surface area contributed by atoms with E-state index >= 15 is 0 Å². The van der Waals surface area contributed by atoms with E-state index in [9.17, 15) is 14.0 Å². The summed E-state index contributed by atoms with van der Waals surface area (Å²) in [5.41, 5.74) is 0.720. The second-order valence-corrected chi connectivity index (χ2v) is 5.16. The van der Waals surface area contributed by atoms with Crippen molar-refractivity contribution in [3.05, 3.63) is 36.3 Å². The summed E-state index contributed by atoms with van der Waals surface area (Å²) >= 11 is 0. The number of nitrogens with zero attached hydrogens (tertiary/aromatic N) is 2. The molecule has 2 heterocycles. The van der Waals surface area contributed by atoms with Crippen molar-refractivity contribution in [1.29, 1.82) is 0 Å². The van der Waals surface area contributed by atoms with Crippen molar-refractivity contribution in [3.63, 3.8) is 0 Å². The number of ketones is 1. The molecule has 0 radical (unpaired) electrons. The molecule has 0 saturated carbocycles. The predicted molar refractivity (Wildman–Crippen MR) is 77.2 cm³/mol. The van der Waals surface area contributed by atoms with Gasteiger partial charge >= 0.3 is 6.09 Å². The topological polar surface area (TPSA) is 70.1 Å². The lowest BCUT2D eigenvalue weighted by atomic mass is 10.1. The smallest absolute Gasteiger partial charge is 0.414 e. The number of halogens is 1. The summed E-state index contributed by atoms with van der Waals surface area (Å²) in [6, 6.07) is 4.43. The average molecular weight is 306 g/mol. The molecule has 2 aliphatic heterocycles. The largest absolute Gasteiger partial charge is 0.441 e. The van der Waals surface area contributed by atoms with Crippen molar-refractivity contribution in [3.8, 4) is 0 Å². The third kappa shape index (κ3) is 2.67. The predicted octanol–water partition coefficient (Wildman–Crippen LogP) is 1.44. The zero-order chi connectivity index (χ0) is 15.7. The fourth-order valence-corrected chi connectivity index (χ4v) is 2.49. The van der Waals surface area contributed by atoms with Crippen LogP contribution in [0.15, 0.2) is 30.5 Å². The first kappa shape index (κ1) is 14.5. The van der Waals surface area contributed by atoms with Crippen LogP contribution >= 0.6 is 0 Å². The van der Waals surface area contributed by atoms with Gasteiger partial charge in [-0.05, 0) is 24.3 Å². The van der Waals surface area contributed by atoms with Crippen LogP contribution in [0.1, 0.15) is 6.42 Å². The number of hydrogen-bond donors (Lipinski definition) is 1.